The average molecular weight is 95.1 g/mol. The fourth-order valence-electron chi connectivity index (χ4n) is 0.562. The van der Waals surface area contributed by atoms with Crippen LogP contribution in [-0.2, 0) is 0 Å². The van der Waals surface area contributed by atoms with E-state index in [1.165, 1.54) is 5.70 Å². The summed E-state index contributed by atoms with van der Waals surface area (Å²) in [5.41, 5.74) is 1.25. The lowest BCUT2D eigenvalue weighted by molar-refractivity contribution is 1.000. The first-order chi connectivity index (χ1) is 3.39. The Kier molecular flexibility index (Phi) is 1.16. The maximum atomic E-state index is 3.06. The highest BCUT2D eigenvalue weighted by atomic mass is 14.8. The lowest BCUT2D eigenvalue weighted by Crippen LogP contribution is -2.02. The third-order valence-electron chi connectivity index (χ3n) is 0.989. The molecule has 0 unspecified atom stereocenters. The fourth-order valence-corrected chi connectivity index (χ4v) is 0.562. The fraction of sp³-hybridized carbons (Fsp3) is 0.333. The van der Waals surface area contributed by atoms with Gasteiger partial charge in [-0.15, -0.1) is 0 Å². The smallest absolute Gasteiger partial charge is 0.00773 e. The molecule has 0 spiro atoms. The molecule has 0 saturated heterocycles. The Bertz CT molecular complexity index is 111. The van der Waals surface area contributed by atoms with Crippen molar-refractivity contribution < 1.29 is 0 Å². The first-order valence-corrected chi connectivity index (χ1v) is 2.48. The van der Waals surface area contributed by atoms with Crippen LogP contribution in [0.5, 0.6) is 0 Å². The third kappa shape index (κ3) is 1.07. The minimum Gasteiger partial charge on any atom is -0.366 e. The van der Waals surface area contributed by atoms with E-state index < -0.39 is 0 Å². The van der Waals surface area contributed by atoms with Crippen LogP contribution in [0.25, 0.3) is 0 Å². The molecule has 0 saturated carbocycles. The van der Waals surface area contributed by atoms with Crippen LogP contribution in [0.4, 0.5) is 0 Å². The standard InChI is InChI=1S/C6H9N/c1-6-4-2-3-5-7-6/h3-5,7H,2H2,1H3. The summed E-state index contributed by atoms with van der Waals surface area (Å²) in [4.78, 5) is 0. The van der Waals surface area contributed by atoms with E-state index >= 15 is 0 Å². The van der Waals surface area contributed by atoms with Crippen molar-refractivity contribution in [2.45, 2.75) is 13.3 Å². The molecule has 1 nitrogen and oxygen atoms in total. The molecular formula is C6H9N. The Labute approximate surface area is 43.7 Å². The lowest BCUT2D eigenvalue weighted by atomic mass is 10.3. The number of nitrogens with one attached hydrogen (secondary N) is 1. The molecule has 0 amide bonds. The quantitative estimate of drug-likeness (QED) is 0.479. The highest BCUT2D eigenvalue weighted by molar-refractivity contribution is 5.08. The molecule has 0 aliphatic carbocycles. The second-order valence-electron chi connectivity index (χ2n) is 1.67. The zero-order chi connectivity index (χ0) is 5.11. The predicted molar refractivity (Wildman–Crippen MR) is 30.6 cm³/mol. The van der Waals surface area contributed by atoms with Gasteiger partial charge in [0.05, 0.1) is 0 Å². The summed E-state index contributed by atoms with van der Waals surface area (Å²) in [5.74, 6) is 0. The van der Waals surface area contributed by atoms with Gasteiger partial charge in [-0.05, 0) is 19.5 Å². The van der Waals surface area contributed by atoms with E-state index in [2.05, 4.69) is 24.4 Å². The molecule has 0 aromatic carbocycles. The number of dihydropyridines is 1. The SMILES string of the molecule is CC1=CCC=CN1. The van der Waals surface area contributed by atoms with Crippen molar-refractivity contribution in [2.24, 2.45) is 0 Å². The van der Waals surface area contributed by atoms with Crippen molar-refractivity contribution in [3.05, 3.63) is 24.0 Å². The normalized spacial score (nSPS) is 18.1. The van der Waals surface area contributed by atoms with Gasteiger partial charge in [0, 0.05) is 5.70 Å². The van der Waals surface area contributed by atoms with Gasteiger partial charge in [0.1, 0.15) is 0 Å². The van der Waals surface area contributed by atoms with Gasteiger partial charge < -0.3 is 5.32 Å². The van der Waals surface area contributed by atoms with Crippen molar-refractivity contribution in [1.82, 2.24) is 5.32 Å². The van der Waals surface area contributed by atoms with Crippen molar-refractivity contribution in [1.29, 1.82) is 0 Å². The Morgan fingerprint density at radius 2 is 2.57 bits per heavy atom. The van der Waals surface area contributed by atoms with Gasteiger partial charge in [-0.2, -0.15) is 0 Å². The van der Waals surface area contributed by atoms with Crippen molar-refractivity contribution in [2.75, 3.05) is 0 Å². The van der Waals surface area contributed by atoms with E-state index in [1.807, 2.05) is 6.20 Å². The van der Waals surface area contributed by atoms with Gasteiger partial charge in [-0.3, -0.25) is 0 Å². The lowest BCUT2D eigenvalue weighted by Gasteiger charge is -2.02. The van der Waals surface area contributed by atoms with Gasteiger partial charge in [-0.25, -0.2) is 0 Å². The molecule has 1 aliphatic heterocycles. The van der Waals surface area contributed by atoms with Crippen LogP contribution in [0.2, 0.25) is 0 Å². The monoisotopic (exact) mass is 95.1 g/mol. The average Bonchev–Trinajstić information content (AvgIpc) is 1.69. The number of hydrogen-bond donors (Lipinski definition) is 1. The van der Waals surface area contributed by atoms with Crippen molar-refractivity contribution in [3.8, 4) is 0 Å². The number of rotatable bonds is 0. The Morgan fingerprint density at radius 1 is 1.71 bits per heavy atom. The number of hydrogen-bond acceptors (Lipinski definition) is 1. The first-order valence-electron chi connectivity index (χ1n) is 2.48. The van der Waals surface area contributed by atoms with Crippen LogP contribution >= 0.6 is 0 Å². The van der Waals surface area contributed by atoms with Crippen LogP contribution in [0.3, 0.4) is 0 Å². The molecule has 1 N–H and O–H groups in total. The topological polar surface area (TPSA) is 12.0 Å². The zero-order valence-corrected chi connectivity index (χ0v) is 4.44. The van der Waals surface area contributed by atoms with Crippen LogP contribution in [-0.4, -0.2) is 0 Å². The van der Waals surface area contributed by atoms with Gasteiger partial charge in [0.25, 0.3) is 0 Å². The van der Waals surface area contributed by atoms with E-state index in [0.717, 1.165) is 6.42 Å². The summed E-state index contributed by atoms with van der Waals surface area (Å²) in [6, 6.07) is 0. The molecular weight excluding hydrogens is 86.1 g/mol. The van der Waals surface area contributed by atoms with Crippen LogP contribution in [0.15, 0.2) is 24.0 Å². The summed E-state index contributed by atoms with van der Waals surface area (Å²) in [7, 11) is 0. The second kappa shape index (κ2) is 1.82. The molecule has 1 heterocycles. The number of allylic oxidation sites excluding steroid dienone is 3. The van der Waals surface area contributed by atoms with Crippen LogP contribution < -0.4 is 5.32 Å². The maximum Gasteiger partial charge on any atom is 0.00773 e. The Balaban J connectivity index is 2.50. The molecule has 38 valence electrons. The summed E-state index contributed by atoms with van der Waals surface area (Å²) < 4.78 is 0. The molecule has 1 heteroatoms. The van der Waals surface area contributed by atoms with Gasteiger partial charge in [0.2, 0.25) is 0 Å². The maximum absolute atomic E-state index is 3.06. The highest BCUT2D eigenvalue weighted by Gasteiger charge is 1.84. The van der Waals surface area contributed by atoms with E-state index in [9.17, 15) is 0 Å². The molecule has 0 aromatic rings. The van der Waals surface area contributed by atoms with Crippen molar-refractivity contribution >= 4 is 0 Å². The molecule has 7 heavy (non-hydrogen) atoms. The highest BCUT2D eigenvalue weighted by Crippen LogP contribution is 1.96. The molecule has 0 atom stereocenters. The third-order valence-corrected chi connectivity index (χ3v) is 0.989. The summed E-state index contributed by atoms with van der Waals surface area (Å²) >= 11 is 0. The molecule has 0 aromatic heterocycles. The molecule has 0 radical (unpaired) electrons. The zero-order valence-electron chi connectivity index (χ0n) is 4.44. The Hall–Kier alpha value is -0.720. The van der Waals surface area contributed by atoms with Gasteiger partial charge >= 0.3 is 0 Å². The second-order valence-corrected chi connectivity index (χ2v) is 1.67. The largest absolute Gasteiger partial charge is 0.366 e. The Morgan fingerprint density at radius 3 is 2.86 bits per heavy atom. The molecule has 1 rings (SSSR count). The summed E-state index contributed by atoms with van der Waals surface area (Å²) in [5, 5.41) is 3.06. The van der Waals surface area contributed by atoms with Gasteiger partial charge in [-0.1, -0.05) is 12.2 Å². The first kappa shape index (κ1) is 4.44. The minimum atomic E-state index is 1.08. The molecule has 0 bridgehead atoms. The summed E-state index contributed by atoms with van der Waals surface area (Å²) in [6.07, 6.45) is 7.29. The van der Waals surface area contributed by atoms with E-state index in [4.69, 9.17) is 0 Å². The van der Waals surface area contributed by atoms with Crippen molar-refractivity contribution in [3.63, 3.8) is 0 Å². The minimum absolute atomic E-state index is 1.08. The molecule has 1 aliphatic rings. The van der Waals surface area contributed by atoms with E-state index in [-0.39, 0.29) is 0 Å². The van der Waals surface area contributed by atoms with Crippen LogP contribution in [0.1, 0.15) is 13.3 Å². The predicted octanol–water partition coefficient (Wildman–Crippen LogP) is 1.40. The van der Waals surface area contributed by atoms with Crippen LogP contribution in [0, 0.1) is 0 Å². The molecule has 0 fully saturated rings. The summed E-state index contributed by atoms with van der Waals surface area (Å²) in [6.45, 7) is 2.06. The van der Waals surface area contributed by atoms with E-state index in [0.29, 0.717) is 0 Å². The van der Waals surface area contributed by atoms with Gasteiger partial charge in [0.15, 0.2) is 0 Å². The van der Waals surface area contributed by atoms with E-state index in [1.54, 1.807) is 0 Å².